The molecule has 0 bridgehead atoms. The van der Waals surface area contributed by atoms with Crippen molar-refractivity contribution in [3.8, 4) is 0 Å². The van der Waals surface area contributed by atoms with Crippen molar-refractivity contribution in [1.82, 2.24) is 9.97 Å². The average molecular weight is 228 g/mol. The van der Waals surface area contributed by atoms with Crippen LogP contribution in [0.5, 0.6) is 0 Å². The van der Waals surface area contributed by atoms with Crippen LogP contribution in [-0.2, 0) is 11.2 Å². The van der Waals surface area contributed by atoms with Crippen LogP contribution in [-0.4, -0.2) is 26.8 Å². The first-order valence-corrected chi connectivity index (χ1v) is 5.54. The predicted molar refractivity (Wildman–Crippen MR) is 57.2 cm³/mol. The Morgan fingerprint density at radius 1 is 1.67 bits per heavy atom. The lowest BCUT2D eigenvalue weighted by molar-refractivity contribution is -0.133. The van der Waals surface area contributed by atoms with Crippen LogP contribution in [0.2, 0.25) is 0 Å². The minimum absolute atomic E-state index is 0.101. The Kier molecular flexibility index (Phi) is 4.36. The van der Waals surface area contributed by atoms with Crippen LogP contribution in [0.3, 0.4) is 0 Å². The Labute approximate surface area is 90.9 Å². The second-order valence-corrected chi connectivity index (χ2v) is 3.94. The summed E-state index contributed by atoms with van der Waals surface area (Å²) in [5, 5.41) is 8.79. The van der Waals surface area contributed by atoms with Gasteiger partial charge in [0.05, 0.1) is 5.75 Å². The lowest BCUT2D eigenvalue weighted by Crippen LogP contribution is -2.14. The van der Waals surface area contributed by atoms with E-state index in [0.29, 0.717) is 17.1 Å². The zero-order valence-corrected chi connectivity index (χ0v) is 9.13. The number of aliphatic carboxylic acids is 1. The summed E-state index contributed by atoms with van der Waals surface area (Å²) in [7, 11) is 0. The first-order valence-electron chi connectivity index (χ1n) is 4.56. The molecule has 0 aliphatic heterocycles. The molecule has 6 heteroatoms. The summed E-state index contributed by atoms with van der Waals surface area (Å²) in [6.07, 6.45) is 3.07. The van der Waals surface area contributed by atoms with Crippen LogP contribution < -0.4 is 5.56 Å². The maximum absolute atomic E-state index is 11.4. The second kappa shape index (κ2) is 5.55. The molecule has 0 fully saturated rings. The lowest BCUT2D eigenvalue weighted by Gasteiger charge is -1.99. The second-order valence-electron chi connectivity index (χ2n) is 2.98. The molecule has 5 nitrogen and oxygen atoms in total. The highest BCUT2D eigenvalue weighted by molar-refractivity contribution is 7.99. The summed E-state index contributed by atoms with van der Waals surface area (Å²) in [4.78, 5) is 28.2. The van der Waals surface area contributed by atoms with Crippen molar-refractivity contribution in [2.45, 2.75) is 24.9 Å². The van der Waals surface area contributed by atoms with Crippen molar-refractivity contribution in [1.29, 1.82) is 0 Å². The summed E-state index contributed by atoms with van der Waals surface area (Å²) >= 11 is 1.00. The van der Waals surface area contributed by atoms with Gasteiger partial charge in [0.25, 0.3) is 5.56 Å². The molecule has 0 aliphatic carbocycles. The molecule has 0 aliphatic rings. The number of thioether (sulfide) groups is 1. The van der Waals surface area contributed by atoms with Crippen LogP contribution in [0.15, 0.2) is 16.1 Å². The predicted octanol–water partition coefficient (Wildman–Crippen LogP) is 0.899. The molecule has 0 radical (unpaired) electrons. The number of nitrogens with zero attached hydrogens (tertiary/aromatic N) is 1. The number of carboxylic acids is 1. The number of rotatable bonds is 5. The van der Waals surface area contributed by atoms with Gasteiger partial charge in [0, 0.05) is 11.8 Å². The molecule has 15 heavy (non-hydrogen) atoms. The van der Waals surface area contributed by atoms with Gasteiger partial charge >= 0.3 is 5.97 Å². The van der Waals surface area contributed by atoms with Gasteiger partial charge in [-0.1, -0.05) is 25.1 Å². The molecule has 1 heterocycles. The highest BCUT2D eigenvalue weighted by atomic mass is 32.2. The molecule has 0 atom stereocenters. The Hall–Kier alpha value is -1.30. The first kappa shape index (κ1) is 11.8. The number of aryl methyl sites for hydroxylation is 1. The molecule has 82 valence electrons. The monoisotopic (exact) mass is 228 g/mol. The van der Waals surface area contributed by atoms with E-state index in [9.17, 15) is 9.59 Å². The normalized spacial score (nSPS) is 10.2. The fourth-order valence-electron chi connectivity index (χ4n) is 1.06. The third kappa shape index (κ3) is 3.75. The Morgan fingerprint density at radius 2 is 2.40 bits per heavy atom. The molecule has 0 spiro atoms. The minimum atomic E-state index is -0.930. The van der Waals surface area contributed by atoms with E-state index < -0.39 is 5.97 Å². The fraction of sp³-hybridized carbons (Fsp3) is 0.444. The molecule has 0 saturated heterocycles. The summed E-state index contributed by atoms with van der Waals surface area (Å²) in [6, 6.07) is 0. The Bertz CT molecular complexity index is 403. The molecule has 1 rings (SSSR count). The van der Waals surface area contributed by atoms with E-state index in [1.54, 1.807) is 0 Å². The zero-order chi connectivity index (χ0) is 11.3. The third-order valence-corrected chi connectivity index (χ3v) is 2.57. The van der Waals surface area contributed by atoms with E-state index in [0.717, 1.165) is 18.2 Å². The van der Waals surface area contributed by atoms with Gasteiger partial charge in [-0.2, -0.15) is 0 Å². The fourth-order valence-corrected chi connectivity index (χ4v) is 1.61. The highest BCUT2D eigenvalue weighted by Crippen LogP contribution is 2.09. The summed E-state index contributed by atoms with van der Waals surface area (Å²) < 4.78 is 0. The number of H-pyrrole nitrogens is 1. The molecule has 0 saturated carbocycles. The molecular formula is C9H12N2O3S. The summed E-state index contributed by atoms with van der Waals surface area (Å²) in [5.41, 5.74) is 0.455. The summed E-state index contributed by atoms with van der Waals surface area (Å²) in [6.45, 7) is 1.98. The van der Waals surface area contributed by atoms with Gasteiger partial charge in [-0.15, -0.1) is 0 Å². The van der Waals surface area contributed by atoms with Crippen LogP contribution in [0.25, 0.3) is 0 Å². The number of aromatic nitrogens is 2. The lowest BCUT2D eigenvalue weighted by atomic mass is 10.2. The molecule has 1 aromatic heterocycles. The summed E-state index contributed by atoms with van der Waals surface area (Å²) in [5.74, 6) is -1.03. The largest absolute Gasteiger partial charge is 0.481 e. The topological polar surface area (TPSA) is 83.0 Å². The van der Waals surface area contributed by atoms with Crippen molar-refractivity contribution in [3.63, 3.8) is 0 Å². The van der Waals surface area contributed by atoms with Crippen molar-refractivity contribution < 1.29 is 9.90 Å². The van der Waals surface area contributed by atoms with E-state index in [4.69, 9.17) is 5.11 Å². The Balaban J connectivity index is 2.73. The third-order valence-electron chi connectivity index (χ3n) is 1.70. The smallest absolute Gasteiger partial charge is 0.313 e. The number of aromatic amines is 1. The Morgan fingerprint density at radius 3 is 2.93 bits per heavy atom. The molecule has 0 unspecified atom stereocenters. The van der Waals surface area contributed by atoms with Gasteiger partial charge in [-0.25, -0.2) is 4.98 Å². The van der Waals surface area contributed by atoms with Gasteiger partial charge < -0.3 is 10.1 Å². The van der Waals surface area contributed by atoms with Crippen molar-refractivity contribution in [3.05, 3.63) is 22.1 Å². The highest BCUT2D eigenvalue weighted by Gasteiger charge is 2.04. The SMILES string of the molecule is CCCc1cnc(SCC(=O)O)[nH]c1=O. The van der Waals surface area contributed by atoms with Gasteiger partial charge in [0.2, 0.25) is 0 Å². The molecule has 0 amide bonds. The molecule has 1 aromatic rings. The maximum atomic E-state index is 11.4. The number of hydrogen-bond donors (Lipinski definition) is 2. The molecule has 0 aromatic carbocycles. The van der Waals surface area contributed by atoms with Crippen LogP contribution in [0.1, 0.15) is 18.9 Å². The average Bonchev–Trinajstić information content (AvgIpc) is 2.19. The molecular weight excluding hydrogens is 216 g/mol. The molecule has 2 N–H and O–H groups in total. The van der Waals surface area contributed by atoms with Gasteiger partial charge in [0.15, 0.2) is 5.16 Å². The number of hydrogen-bond acceptors (Lipinski definition) is 4. The standard InChI is InChI=1S/C9H12N2O3S/c1-2-3-6-4-10-9(11-8(6)14)15-5-7(12)13/h4H,2-3,5H2,1H3,(H,12,13)(H,10,11,14). The van der Waals surface area contributed by atoms with Crippen molar-refractivity contribution >= 4 is 17.7 Å². The van der Waals surface area contributed by atoms with Gasteiger partial charge in [-0.3, -0.25) is 9.59 Å². The van der Waals surface area contributed by atoms with E-state index in [1.807, 2.05) is 6.92 Å². The van der Waals surface area contributed by atoms with Crippen molar-refractivity contribution in [2.75, 3.05) is 5.75 Å². The van der Waals surface area contributed by atoms with Gasteiger partial charge in [0.1, 0.15) is 0 Å². The number of nitrogens with one attached hydrogen (secondary N) is 1. The van der Waals surface area contributed by atoms with Gasteiger partial charge in [-0.05, 0) is 6.42 Å². The van der Waals surface area contributed by atoms with E-state index in [1.165, 1.54) is 6.20 Å². The number of carboxylic acid groups (broad SMARTS) is 1. The first-order chi connectivity index (χ1) is 7.13. The maximum Gasteiger partial charge on any atom is 0.313 e. The van der Waals surface area contributed by atoms with Crippen LogP contribution in [0.4, 0.5) is 0 Å². The minimum Gasteiger partial charge on any atom is -0.481 e. The van der Waals surface area contributed by atoms with Crippen LogP contribution >= 0.6 is 11.8 Å². The van der Waals surface area contributed by atoms with E-state index in [-0.39, 0.29) is 11.3 Å². The number of carbonyl (C=O) groups is 1. The van der Waals surface area contributed by atoms with E-state index >= 15 is 0 Å². The van der Waals surface area contributed by atoms with Crippen molar-refractivity contribution in [2.24, 2.45) is 0 Å². The zero-order valence-electron chi connectivity index (χ0n) is 8.32. The quantitative estimate of drug-likeness (QED) is 0.578. The van der Waals surface area contributed by atoms with Crippen LogP contribution in [0, 0.1) is 0 Å². The van der Waals surface area contributed by atoms with E-state index in [2.05, 4.69) is 9.97 Å².